The Labute approximate surface area is 178 Å². The zero-order valence-corrected chi connectivity index (χ0v) is 17.7. The van der Waals surface area contributed by atoms with Gasteiger partial charge in [0, 0.05) is 10.9 Å². The fourth-order valence-electron chi connectivity index (χ4n) is 3.48. The van der Waals surface area contributed by atoms with Gasteiger partial charge < -0.3 is 19.2 Å². The summed E-state index contributed by atoms with van der Waals surface area (Å²) in [5.41, 5.74) is 2.73. The summed E-state index contributed by atoms with van der Waals surface area (Å²) in [5, 5.41) is 1.42. The number of H-pyrrole nitrogens is 1. The van der Waals surface area contributed by atoms with Crippen LogP contribution in [-0.4, -0.2) is 35.1 Å². The number of ether oxygens (including phenoxy) is 3. The van der Waals surface area contributed by atoms with Gasteiger partial charge in [0.05, 0.1) is 35.4 Å². The molecule has 2 aromatic carbocycles. The first-order chi connectivity index (χ1) is 14.9. The second-order valence-corrected chi connectivity index (χ2v) is 7.37. The molecule has 0 bridgehead atoms. The molecule has 0 aliphatic heterocycles. The number of pyridine rings is 1. The largest absolute Gasteiger partial charge is 0.493 e. The van der Waals surface area contributed by atoms with E-state index in [0.717, 1.165) is 16.4 Å². The first kappa shape index (κ1) is 20.4. The Morgan fingerprint density at radius 2 is 1.77 bits per heavy atom. The van der Waals surface area contributed by atoms with E-state index >= 15 is 0 Å². The van der Waals surface area contributed by atoms with Crippen molar-refractivity contribution in [3.63, 3.8) is 0 Å². The number of aryl methyl sites for hydroxylation is 1. The smallest absolute Gasteiger partial charge is 0.361 e. The first-order valence-corrected chi connectivity index (χ1v) is 9.87. The SMILES string of the molecule is COc1c(C(=O)OC(C)C)nc(C)c2[nH]c3ccc(OC(=O)c4ccccc4)cc3c12. The van der Waals surface area contributed by atoms with Crippen LogP contribution >= 0.6 is 0 Å². The predicted octanol–water partition coefficient (Wildman–Crippen LogP) is 4.82. The van der Waals surface area contributed by atoms with E-state index in [0.29, 0.717) is 28.1 Å². The van der Waals surface area contributed by atoms with Crippen molar-refractivity contribution in [2.75, 3.05) is 7.11 Å². The summed E-state index contributed by atoms with van der Waals surface area (Å²) < 4.78 is 16.5. The van der Waals surface area contributed by atoms with Crippen molar-refractivity contribution in [1.29, 1.82) is 0 Å². The summed E-state index contributed by atoms with van der Waals surface area (Å²) in [6.45, 7) is 5.35. The molecule has 0 saturated carbocycles. The van der Waals surface area contributed by atoms with Crippen LogP contribution in [0.2, 0.25) is 0 Å². The molecule has 4 aromatic rings. The van der Waals surface area contributed by atoms with Crippen molar-refractivity contribution in [2.45, 2.75) is 26.9 Å². The van der Waals surface area contributed by atoms with E-state index in [9.17, 15) is 9.59 Å². The van der Waals surface area contributed by atoms with Gasteiger partial charge in [-0.1, -0.05) is 18.2 Å². The lowest BCUT2D eigenvalue weighted by molar-refractivity contribution is 0.0367. The third-order valence-corrected chi connectivity index (χ3v) is 4.81. The lowest BCUT2D eigenvalue weighted by Gasteiger charge is -2.12. The van der Waals surface area contributed by atoms with Crippen LogP contribution < -0.4 is 9.47 Å². The molecule has 158 valence electrons. The van der Waals surface area contributed by atoms with Gasteiger partial charge in [-0.3, -0.25) is 0 Å². The average Bonchev–Trinajstić information content (AvgIpc) is 3.13. The summed E-state index contributed by atoms with van der Waals surface area (Å²) >= 11 is 0. The second kappa shape index (κ2) is 8.10. The van der Waals surface area contributed by atoms with Gasteiger partial charge in [-0.2, -0.15) is 0 Å². The second-order valence-electron chi connectivity index (χ2n) is 7.37. The lowest BCUT2D eigenvalue weighted by Crippen LogP contribution is -2.15. The number of aromatic amines is 1. The molecule has 7 nitrogen and oxygen atoms in total. The van der Waals surface area contributed by atoms with Crippen LogP contribution in [0, 0.1) is 6.92 Å². The third-order valence-electron chi connectivity index (χ3n) is 4.81. The molecule has 0 amide bonds. The van der Waals surface area contributed by atoms with Crippen LogP contribution in [0.5, 0.6) is 11.5 Å². The number of hydrogen-bond donors (Lipinski definition) is 1. The number of nitrogens with one attached hydrogen (secondary N) is 1. The Balaban J connectivity index is 1.84. The van der Waals surface area contributed by atoms with Gasteiger partial charge in [0.25, 0.3) is 0 Å². The van der Waals surface area contributed by atoms with Crippen molar-refractivity contribution in [2.24, 2.45) is 0 Å². The average molecular weight is 418 g/mol. The van der Waals surface area contributed by atoms with Gasteiger partial charge in [0.2, 0.25) is 0 Å². The minimum Gasteiger partial charge on any atom is -0.493 e. The van der Waals surface area contributed by atoms with Gasteiger partial charge in [-0.25, -0.2) is 14.6 Å². The number of fused-ring (bicyclic) bond motifs is 3. The molecule has 1 N–H and O–H groups in total. The number of rotatable bonds is 5. The summed E-state index contributed by atoms with van der Waals surface area (Å²) in [6, 6.07) is 14.0. The molecule has 0 saturated heterocycles. The van der Waals surface area contributed by atoms with E-state index in [2.05, 4.69) is 9.97 Å². The highest BCUT2D eigenvalue weighted by Gasteiger charge is 2.24. The summed E-state index contributed by atoms with van der Waals surface area (Å²) in [5.74, 6) is -0.322. The number of hydrogen-bond acceptors (Lipinski definition) is 6. The van der Waals surface area contributed by atoms with E-state index in [1.165, 1.54) is 7.11 Å². The Morgan fingerprint density at radius 3 is 2.45 bits per heavy atom. The number of aromatic nitrogens is 2. The molecular formula is C24H22N2O5. The maximum absolute atomic E-state index is 12.6. The monoisotopic (exact) mass is 418 g/mol. The fourth-order valence-corrected chi connectivity index (χ4v) is 3.48. The van der Waals surface area contributed by atoms with Crippen molar-refractivity contribution in [3.05, 3.63) is 65.5 Å². The number of carbonyl (C=O) groups is 2. The van der Waals surface area contributed by atoms with E-state index in [-0.39, 0.29) is 11.8 Å². The number of carbonyl (C=O) groups excluding carboxylic acids is 2. The van der Waals surface area contributed by atoms with E-state index in [4.69, 9.17) is 14.2 Å². The molecule has 7 heteroatoms. The summed E-state index contributed by atoms with van der Waals surface area (Å²) in [7, 11) is 1.48. The molecule has 0 unspecified atom stereocenters. The molecule has 0 radical (unpaired) electrons. The Bertz CT molecular complexity index is 1290. The van der Waals surface area contributed by atoms with E-state index in [1.54, 1.807) is 57.2 Å². The molecule has 31 heavy (non-hydrogen) atoms. The van der Waals surface area contributed by atoms with Gasteiger partial charge in [-0.05, 0) is 51.1 Å². The highest BCUT2D eigenvalue weighted by atomic mass is 16.5. The Hall–Kier alpha value is -3.87. The molecule has 0 fully saturated rings. The number of methoxy groups -OCH3 is 1. The van der Waals surface area contributed by atoms with Crippen molar-refractivity contribution in [1.82, 2.24) is 9.97 Å². The van der Waals surface area contributed by atoms with Gasteiger partial charge >= 0.3 is 11.9 Å². The van der Waals surface area contributed by atoms with Crippen LogP contribution in [-0.2, 0) is 4.74 Å². The normalized spacial score (nSPS) is 11.1. The van der Waals surface area contributed by atoms with Crippen LogP contribution in [0.1, 0.15) is 40.4 Å². The number of esters is 2. The highest BCUT2D eigenvalue weighted by molar-refractivity contribution is 6.14. The molecule has 4 rings (SSSR count). The van der Waals surface area contributed by atoms with E-state index < -0.39 is 11.9 Å². The van der Waals surface area contributed by atoms with E-state index in [1.807, 2.05) is 12.1 Å². The Morgan fingerprint density at radius 1 is 1.03 bits per heavy atom. The molecule has 0 spiro atoms. The molecule has 2 heterocycles. The predicted molar refractivity (Wildman–Crippen MR) is 117 cm³/mol. The third kappa shape index (κ3) is 3.82. The quantitative estimate of drug-likeness (QED) is 0.369. The van der Waals surface area contributed by atoms with Gasteiger partial charge in [0.1, 0.15) is 5.75 Å². The van der Waals surface area contributed by atoms with Crippen LogP contribution in [0.15, 0.2) is 48.5 Å². The van der Waals surface area contributed by atoms with Crippen molar-refractivity contribution < 1.29 is 23.8 Å². The zero-order chi connectivity index (χ0) is 22.1. The maximum Gasteiger partial charge on any atom is 0.361 e. The first-order valence-electron chi connectivity index (χ1n) is 9.87. The minimum atomic E-state index is -0.558. The number of nitrogens with zero attached hydrogens (tertiary/aromatic N) is 1. The molecular weight excluding hydrogens is 396 g/mol. The highest BCUT2D eigenvalue weighted by Crippen LogP contribution is 2.38. The molecule has 0 atom stereocenters. The standard InChI is InChI=1S/C24H22N2O5/c1-13(2)30-24(28)21-22(29-4)19-17-12-16(31-23(27)15-8-6-5-7-9-15)10-11-18(17)26-20(19)14(3)25-21/h5-13,26H,1-4H3. The topological polar surface area (TPSA) is 90.5 Å². The van der Waals surface area contributed by atoms with Gasteiger partial charge in [0.15, 0.2) is 11.4 Å². The number of benzene rings is 2. The summed E-state index contributed by atoms with van der Waals surface area (Å²) in [4.78, 5) is 32.8. The lowest BCUT2D eigenvalue weighted by atomic mass is 10.1. The fraction of sp³-hybridized carbons (Fsp3) is 0.208. The molecule has 2 aromatic heterocycles. The van der Waals surface area contributed by atoms with Gasteiger partial charge in [-0.15, -0.1) is 0 Å². The van der Waals surface area contributed by atoms with Crippen LogP contribution in [0.3, 0.4) is 0 Å². The Kier molecular flexibility index (Phi) is 5.33. The van der Waals surface area contributed by atoms with Crippen molar-refractivity contribution in [3.8, 4) is 11.5 Å². The minimum absolute atomic E-state index is 0.105. The molecule has 0 aliphatic rings. The zero-order valence-electron chi connectivity index (χ0n) is 17.7. The van der Waals surface area contributed by atoms with Crippen molar-refractivity contribution >= 4 is 33.7 Å². The molecule has 0 aliphatic carbocycles. The summed E-state index contributed by atoms with van der Waals surface area (Å²) in [6.07, 6.45) is -0.290. The maximum atomic E-state index is 12.6. The van der Waals surface area contributed by atoms with Crippen LogP contribution in [0.4, 0.5) is 0 Å². The van der Waals surface area contributed by atoms with Crippen LogP contribution in [0.25, 0.3) is 21.8 Å².